The van der Waals surface area contributed by atoms with Crippen LogP contribution in [0.25, 0.3) is 0 Å². The molecule has 0 saturated heterocycles. The molecule has 20 heavy (non-hydrogen) atoms. The van der Waals surface area contributed by atoms with Gasteiger partial charge in [0.15, 0.2) is 17.4 Å². The Morgan fingerprint density at radius 3 is 2.30 bits per heavy atom. The Kier molecular flexibility index (Phi) is 4.53. The molecule has 0 fully saturated rings. The maximum atomic E-state index is 13.9. The maximum Gasteiger partial charge on any atom is 0.198 e. The molecule has 2 N–H and O–H groups in total. The van der Waals surface area contributed by atoms with E-state index in [2.05, 4.69) is 0 Å². The monoisotopic (exact) mass is 279 g/mol. The van der Waals surface area contributed by atoms with Crippen LogP contribution in [0.4, 0.5) is 8.78 Å². The van der Waals surface area contributed by atoms with Crippen molar-refractivity contribution < 1.29 is 18.3 Å². The summed E-state index contributed by atoms with van der Waals surface area (Å²) < 4.78 is 38.0. The van der Waals surface area contributed by atoms with Crippen molar-refractivity contribution in [3.63, 3.8) is 0 Å². The van der Waals surface area contributed by atoms with Crippen molar-refractivity contribution in [2.45, 2.75) is 6.42 Å². The highest BCUT2D eigenvalue weighted by Crippen LogP contribution is 2.30. The summed E-state index contributed by atoms with van der Waals surface area (Å²) in [7, 11) is 1.50. The molecular formula is C15H15F2NO2. The Bertz CT molecular complexity index is 579. The van der Waals surface area contributed by atoms with Crippen LogP contribution in [0.15, 0.2) is 36.4 Å². The minimum atomic E-state index is -0.753. The summed E-state index contributed by atoms with van der Waals surface area (Å²) in [4.78, 5) is 0. The van der Waals surface area contributed by atoms with Crippen LogP contribution in [-0.4, -0.2) is 13.7 Å². The Hall–Kier alpha value is -2.14. The number of hydrogen-bond acceptors (Lipinski definition) is 3. The zero-order chi connectivity index (χ0) is 14.5. The topological polar surface area (TPSA) is 44.5 Å². The fraction of sp³-hybridized carbons (Fsp3) is 0.200. The second kappa shape index (κ2) is 6.34. The third-order valence-electron chi connectivity index (χ3n) is 2.75. The molecule has 2 rings (SSSR count). The Balaban J connectivity index is 2.28. The molecule has 0 unspecified atom stereocenters. The van der Waals surface area contributed by atoms with Crippen LogP contribution in [0.1, 0.15) is 5.56 Å². The van der Waals surface area contributed by atoms with Gasteiger partial charge in [0.2, 0.25) is 0 Å². The highest BCUT2D eigenvalue weighted by atomic mass is 19.1. The van der Waals surface area contributed by atoms with Crippen molar-refractivity contribution in [2.24, 2.45) is 5.73 Å². The van der Waals surface area contributed by atoms with Crippen molar-refractivity contribution in [3.8, 4) is 17.2 Å². The van der Waals surface area contributed by atoms with Gasteiger partial charge in [-0.1, -0.05) is 6.07 Å². The van der Waals surface area contributed by atoms with Crippen molar-refractivity contribution >= 4 is 0 Å². The summed E-state index contributed by atoms with van der Waals surface area (Å²) >= 11 is 0. The lowest BCUT2D eigenvalue weighted by Gasteiger charge is -2.10. The Morgan fingerprint density at radius 1 is 1.05 bits per heavy atom. The fourth-order valence-corrected chi connectivity index (χ4v) is 1.80. The van der Waals surface area contributed by atoms with E-state index in [9.17, 15) is 8.78 Å². The number of halogens is 2. The first-order chi connectivity index (χ1) is 9.63. The fourth-order valence-electron chi connectivity index (χ4n) is 1.80. The summed E-state index contributed by atoms with van der Waals surface area (Å²) in [6.07, 6.45) is 0.410. The van der Waals surface area contributed by atoms with Gasteiger partial charge in [-0.2, -0.15) is 0 Å². The molecule has 0 spiro atoms. The molecule has 0 atom stereocenters. The first kappa shape index (κ1) is 14.3. The van der Waals surface area contributed by atoms with E-state index in [1.165, 1.54) is 19.2 Å². The molecular weight excluding hydrogens is 264 g/mol. The molecule has 106 valence electrons. The molecule has 0 radical (unpaired) electrons. The van der Waals surface area contributed by atoms with E-state index in [0.717, 1.165) is 0 Å². The van der Waals surface area contributed by atoms with Gasteiger partial charge in [0.25, 0.3) is 0 Å². The van der Waals surface area contributed by atoms with Crippen LogP contribution in [0.5, 0.6) is 17.2 Å². The molecule has 0 aromatic heterocycles. The molecule has 0 saturated carbocycles. The average Bonchev–Trinajstić information content (AvgIpc) is 2.43. The predicted molar refractivity (Wildman–Crippen MR) is 72.2 cm³/mol. The van der Waals surface area contributed by atoms with Crippen LogP contribution in [0, 0.1) is 11.6 Å². The van der Waals surface area contributed by atoms with Gasteiger partial charge in [0, 0.05) is 6.07 Å². The number of methoxy groups -OCH3 is 1. The van der Waals surface area contributed by atoms with E-state index < -0.39 is 17.4 Å². The molecule has 0 aliphatic heterocycles. The zero-order valence-corrected chi connectivity index (χ0v) is 11.0. The third-order valence-corrected chi connectivity index (χ3v) is 2.75. The number of ether oxygens (including phenoxy) is 2. The normalized spacial score (nSPS) is 10.4. The SMILES string of the molecule is COc1cccc(Oc2c(F)cc(CCN)cc2F)c1. The number of nitrogens with two attached hydrogens (primary N) is 1. The second-order valence-corrected chi connectivity index (χ2v) is 4.21. The molecule has 0 bridgehead atoms. The molecule has 5 heteroatoms. The van der Waals surface area contributed by atoms with Gasteiger partial charge in [-0.05, 0) is 42.8 Å². The van der Waals surface area contributed by atoms with E-state index in [1.54, 1.807) is 24.3 Å². The standard InChI is InChI=1S/C15H15F2NO2/c1-19-11-3-2-4-12(9-11)20-15-13(16)7-10(5-6-18)8-14(15)17/h2-4,7-9H,5-6,18H2,1H3. The predicted octanol–water partition coefficient (Wildman–Crippen LogP) is 3.27. The van der Waals surface area contributed by atoms with E-state index in [4.69, 9.17) is 15.2 Å². The molecule has 2 aromatic rings. The average molecular weight is 279 g/mol. The van der Waals surface area contributed by atoms with Crippen LogP contribution >= 0.6 is 0 Å². The molecule has 2 aromatic carbocycles. The number of rotatable bonds is 5. The first-order valence-corrected chi connectivity index (χ1v) is 6.14. The minimum absolute atomic E-state index is 0.300. The highest BCUT2D eigenvalue weighted by Gasteiger charge is 2.13. The summed E-state index contributed by atoms with van der Waals surface area (Å²) in [6, 6.07) is 8.98. The Labute approximate surface area is 115 Å². The smallest absolute Gasteiger partial charge is 0.198 e. The molecule has 0 aliphatic rings. The largest absolute Gasteiger partial charge is 0.497 e. The van der Waals surface area contributed by atoms with E-state index in [-0.39, 0.29) is 0 Å². The lowest BCUT2D eigenvalue weighted by atomic mass is 10.1. The number of hydrogen-bond donors (Lipinski definition) is 1. The lowest BCUT2D eigenvalue weighted by molar-refractivity contribution is 0.393. The van der Waals surface area contributed by atoms with Gasteiger partial charge in [0.05, 0.1) is 7.11 Å². The summed E-state index contributed by atoms with van der Waals surface area (Å²) in [5.74, 6) is -1.09. The van der Waals surface area contributed by atoms with Crippen LogP contribution in [0.2, 0.25) is 0 Å². The van der Waals surface area contributed by atoms with Crippen molar-refractivity contribution in [2.75, 3.05) is 13.7 Å². The van der Waals surface area contributed by atoms with Crippen LogP contribution < -0.4 is 15.2 Å². The maximum absolute atomic E-state index is 13.9. The van der Waals surface area contributed by atoms with Crippen molar-refractivity contribution in [1.29, 1.82) is 0 Å². The highest BCUT2D eigenvalue weighted by molar-refractivity contribution is 5.39. The molecule has 3 nitrogen and oxygen atoms in total. The molecule has 0 aliphatic carbocycles. The molecule has 0 amide bonds. The van der Waals surface area contributed by atoms with Gasteiger partial charge < -0.3 is 15.2 Å². The van der Waals surface area contributed by atoms with Crippen molar-refractivity contribution in [3.05, 3.63) is 53.6 Å². The summed E-state index contributed by atoms with van der Waals surface area (Å²) in [6.45, 7) is 0.328. The van der Waals surface area contributed by atoms with Crippen LogP contribution in [0.3, 0.4) is 0 Å². The summed E-state index contributed by atoms with van der Waals surface area (Å²) in [5.41, 5.74) is 5.86. The van der Waals surface area contributed by atoms with Crippen molar-refractivity contribution in [1.82, 2.24) is 0 Å². The van der Waals surface area contributed by atoms with E-state index in [1.807, 2.05) is 0 Å². The number of benzene rings is 2. The van der Waals surface area contributed by atoms with Crippen LogP contribution in [-0.2, 0) is 6.42 Å². The van der Waals surface area contributed by atoms with Gasteiger partial charge in [-0.25, -0.2) is 8.78 Å². The van der Waals surface area contributed by atoms with Gasteiger partial charge in [-0.3, -0.25) is 0 Å². The first-order valence-electron chi connectivity index (χ1n) is 6.14. The quantitative estimate of drug-likeness (QED) is 0.913. The van der Waals surface area contributed by atoms with Gasteiger partial charge in [0.1, 0.15) is 11.5 Å². The minimum Gasteiger partial charge on any atom is -0.497 e. The Morgan fingerprint density at radius 2 is 1.70 bits per heavy atom. The third kappa shape index (κ3) is 3.24. The second-order valence-electron chi connectivity index (χ2n) is 4.21. The zero-order valence-electron chi connectivity index (χ0n) is 11.0. The van der Waals surface area contributed by atoms with E-state index in [0.29, 0.717) is 30.0 Å². The summed E-state index contributed by atoms with van der Waals surface area (Å²) in [5, 5.41) is 0. The van der Waals surface area contributed by atoms with E-state index >= 15 is 0 Å². The molecule has 0 heterocycles. The van der Waals surface area contributed by atoms with Gasteiger partial charge in [-0.15, -0.1) is 0 Å². The lowest BCUT2D eigenvalue weighted by Crippen LogP contribution is -2.04. The van der Waals surface area contributed by atoms with Gasteiger partial charge >= 0.3 is 0 Å².